The number of hydrogen-bond acceptors (Lipinski definition) is 5. The molecule has 0 spiro atoms. The lowest BCUT2D eigenvalue weighted by molar-refractivity contribution is -0.129. The molecule has 1 aromatic carbocycles. The summed E-state index contributed by atoms with van der Waals surface area (Å²) in [5, 5.41) is 3.20. The maximum Gasteiger partial charge on any atom is 0.224 e. The van der Waals surface area contributed by atoms with Gasteiger partial charge in [-0.25, -0.2) is 9.97 Å². The van der Waals surface area contributed by atoms with Gasteiger partial charge in [-0.2, -0.15) is 0 Å². The third-order valence-electron chi connectivity index (χ3n) is 4.86. The van der Waals surface area contributed by atoms with Crippen molar-refractivity contribution < 1.29 is 4.79 Å². The lowest BCUT2D eigenvalue weighted by atomic mass is 10.3. The highest BCUT2D eigenvalue weighted by molar-refractivity contribution is 5.77. The molecular formula is C19H23N5O. The average Bonchev–Trinajstić information content (AvgIpc) is 3.32. The van der Waals surface area contributed by atoms with Crippen molar-refractivity contribution in [2.75, 3.05) is 36.4 Å². The summed E-state index contributed by atoms with van der Waals surface area (Å²) in [5.41, 5.74) is 3.30. The van der Waals surface area contributed by atoms with E-state index < -0.39 is 0 Å². The average molecular weight is 337 g/mol. The van der Waals surface area contributed by atoms with Gasteiger partial charge in [-0.3, -0.25) is 4.79 Å². The summed E-state index contributed by atoms with van der Waals surface area (Å²) >= 11 is 0. The number of likely N-dealkylation sites (tertiary alicyclic amines) is 1. The first kappa shape index (κ1) is 15.9. The molecule has 3 heterocycles. The molecule has 2 aliphatic rings. The highest BCUT2D eigenvalue weighted by atomic mass is 16.2. The summed E-state index contributed by atoms with van der Waals surface area (Å²) in [6.07, 6.45) is 5.55. The molecule has 1 aromatic heterocycles. The second kappa shape index (κ2) is 7.09. The van der Waals surface area contributed by atoms with Crippen molar-refractivity contribution in [1.82, 2.24) is 14.9 Å². The van der Waals surface area contributed by atoms with Crippen LogP contribution in [0.5, 0.6) is 0 Å². The van der Waals surface area contributed by atoms with Gasteiger partial charge in [-0.1, -0.05) is 18.2 Å². The minimum Gasteiger partial charge on any atom is -0.354 e. The molecule has 0 unspecified atom stereocenters. The van der Waals surface area contributed by atoms with Gasteiger partial charge in [0.1, 0.15) is 0 Å². The second-order valence-corrected chi connectivity index (χ2v) is 6.53. The number of carbonyl (C=O) groups excluding carboxylic acids is 1. The van der Waals surface area contributed by atoms with Crippen LogP contribution >= 0.6 is 0 Å². The molecule has 130 valence electrons. The second-order valence-electron chi connectivity index (χ2n) is 6.53. The van der Waals surface area contributed by atoms with Crippen LogP contribution in [0.3, 0.4) is 0 Å². The van der Waals surface area contributed by atoms with Crippen LogP contribution in [0, 0.1) is 0 Å². The summed E-state index contributed by atoms with van der Waals surface area (Å²) in [4.78, 5) is 25.3. The van der Waals surface area contributed by atoms with E-state index in [9.17, 15) is 4.79 Å². The Hall–Kier alpha value is -2.63. The molecule has 25 heavy (non-hydrogen) atoms. The van der Waals surface area contributed by atoms with E-state index in [0.29, 0.717) is 18.9 Å². The van der Waals surface area contributed by atoms with Crippen LogP contribution in [0.1, 0.15) is 25.0 Å². The Labute approximate surface area is 147 Å². The van der Waals surface area contributed by atoms with Gasteiger partial charge in [0.2, 0.25) is 11.9 Å². The van der Waals surface area contributed by atoms with Crippen molar-refractivity contribution in [3.05, 3.63) is 42.2 Å². The third kappa shape index (κ3) is 3.43. The Morgan fingerprint density at radius 3 is 2.72 bits per heavy atom. The highest BCUT2D eigenvalue weighted by Gasteiger charge is 2.23. The fourth-order valence-corrected chi connectivity index (χ4v) is 3.53. The summed E-state index contributed by atoms with van der Waals surface area (Å²) in [6, 6.07) is 10.3. The normalized spacial score (nSPS) is 16.2. The van der Waals surface area contributed by atoms with Crippen molar-refractivity contribution in [3.63, 3.8) is 0 Å². The van der Waals surface area contributed by atoms with Crippen molar-refractivity contribution in [2.24, 2.45) is 0 Å². The Morgan fingerprint density at radius 2 is 1.92 bits per heavy atom. The first-order valence-corrected chi connectivity index (χ1v) is 9.01. The largest absolute Gasteiger partial charge is 0.354 e. The van der Waals surface area contributed by atoms with Gasteiger partial charge in [0.25, 0.3) is 0 Å². The van der Waals surface area contributed by atoms with Crippen LogP contribution in [-0.2, 0) is 11.2 Å². The molecule has 1 saturated heterocycles. The van der Waals surface area contributed by atoms with Gasteiger partial charge in [-0.15, -0.1) is 0 Å². The first-order chi connectivity index (χ1) is 12.3. The Kier molecular flexibility index (Phi) is 4.50. The topological polar surface area (TPSA) is 61.4 Å². The molecule has 0 saturated carbocycles. The van der Waals surface area contributed by atoms with Gasteiger partial charge >= 0.3 is 0 Å². The number of anilines is 3. The summed E-state index contributed by atoms with van der Waals surface area (Å²) < 4.78 is 0. The van der Waals surface area contributed by atoms with Crippen LogP contribution in [0.4, 0.5) is 17.3 Å². The minimum atomic E-state index is 0.224. The number of nitrogens with one attached hydrogen (secondary N) is 1. The number of amides is 1. The molecule has 2 aromatic rings. The van der Waals surface area contributed by atoms with E-state index in [-0.39, 0.29) is 5.91 Å². The molecule has 0 aliphatic carbocycles. The van der Waals surface area contributed by atoms with Gasteiger partial charge in [0.15, 0.2) is 0 Å². The monoisotopic (exact) mass is 337 g/mol. The van der Waals surface area contributed by atoms with Gasteiger partial charge in [0.05, 0.1) is 17.6 Å². The standard InChI is InChI=1S/C19H23N5O/c25-18(23-11-4-5-12-23)8-10-20-19-21-14-17-16(22-19)9-13-24(17)15-6-2-1-3-7-15/h1-3,6-7,14H,4-5,8-13H2,(H,20,21,22). The van der Waals surface area contributed by atoms with Gasteiger partial charge in [-0.05, 0) is 25.0 Å². The Bertz CT molecular complexity index is 743. The molecule has 2 aliphatic heterocycles. The number of benzene rings is 1. The minimum absolute atomic E-state index is 0.224. The smallest absolute Gasteiger partial charge is 0.224 e. The fourth-order valence-electron chi connectivity index (χ4n) is 3.53. The van der Waals surface area contributed by atoms with Crippen LogP contribution < -0.4 is 10.2 Å². The SMILES string of the molecule is O=C(CCNc1ncc2c(n1)CCN2c1ccccc1)N1CCCC1. The predicted octanol–water partition coefficient (Wildman–Crippen LogP) is 2.60. The molecule has 1 fully saturated rings. The maximum atomic E-state index is 12.1. The predicted molar refractivity (Wildman–Crippen MR) is 98.1 cm³/mol. The van der Waals surface area contributed by atoms with Gasteiger partial charge < -0.3 is 15.1 Å². The zero-order valence-electron chi connectivity index (χ0n) is 14.3. The maximum absolute atomic E-state index is 12.1. The molecule has 0 radical (unpaired) electrons. The lowest BCUT2D eigenvalue weighted by Gasteiger charge is -2.18. The number of rotatable bonds is 5. The van der Waals surface area contributed by atoms with Crippen molar-refractivity contribution >= 4 is 23.2 Å². The zero-order valence-corrected chi connectivity index (χ0v) is 14.3. The molecule has 1 amide bonds. The van der Waals surface area contributed by atoms with Crippen LogP contribution in [-0.4, -0.2) is 47.0 Å². The molecule has 0 bridgehead atoms. The molecule has 1 N–H and O–H groups in total. The summed E-state index contributed by atoms with van der Waals surface area (Å²) in [7, 11) is 0. The quantitative estimate of drug-likeness (QED) is 0.909. The number of nitrogens with zero attached hydrogens (tertiary/aromatic N) is 4. The van der Waals surface area contributed by atoms with E-state index in [0.717, 1.165) is 50.3 Å². The molecule has 6 heteroatoms. The van der Waals surface area contributed by atoms with Crippen molar-refractivity contribution in [2.45, 2.75) is 25.7 Å². The van der Waals surface area contributed by atoms with E-state index in [1.807, 2.05) is 29.3 Å². The zero-order chi connectivity index (χ0) is 17.1. The summed E-state index contributed by atoms with van der Waals surface area (Å²) in [5.74, 6) is 0.837. The van der Waals surface area contributed by atoms with E-state index >= 15 is 0 Å². The van der Waals surface area contributed by atoms with Crippen LogP contribution in [0.2, 0.25) is 0 Å². The number of carbonyl (C=O) groups is 1. The molecule has 4 rings (SSSR count). The Morgan fingerprint density at radius 1 is 1.12 bits per heavy atom. The third-order valence-corrected chi connectivity index (χ3v) is 4.86. The fraction of sp³-hybridized carbons (Fsp3) is 0.421. The number of fused-ring (bicyclic) bond motifs is 1. The summed E-state index contributed by atoms with van der Waals surface area (Å²) in [6.45, 7) is 3.31. The molecule has 0 atom stereocenters. The van der Waals surface area contributed by atoms with E-state index in [1.54, 1.807) is 0 Å². The van der Waals surface area contributed by atoms with E-state index in [4.69, 9.17) is 0 Å². The number of para-hydroxylation sites is 1. The number of aromatic nitrogens is 2. The van der Waals surface area contributed by atoms with Crippen molar-refractivity contribution in [3.8, 4) is 0 Å². The highest BCUT2D eigenvalue weighted by Crippen LogP contribution is 2.33. The van der Waals surface area contributed by atoms with E-state index in [1.165, 1.54) is 5.69 Å². The van der Waals surface area contributed by atoms with Crippen molar-refractivity contribution in [1.29, 1.82) is 0 Å². The van der Waals surface area contributed by atoms with Gasteiger partial charge in [0, 0.05) is 44.7 Å². The molecule has 6 nitrogen and oxygen atoms in total. The van der Waals surface area contributed by atoms with Crippen LogP contribution in [0.25, 0.3) is 0 Å². The first-order valence-electron chi connectivity index (χ1n) is 9.01. The van der Waals surface area contributed by atoms with Crippen LogP contribution in [0.15, 0.2) is 36.5 Å². The Balaban J connectivity index is 1.36. The van der Waals surface area contributed by atoms with E-state index in [2.05, 4.69) is 32.3 Å². The number of hydrogen-bond donors (Lipinski definition) is 1. The molecular weight excluding hydrogens is 314 g/mol. The lowest BCUT2D eigenvalue weighted by Crippen LogP contribution is -2.29.